The van der Waals surface area contributed by atoms with Crippen molar-refractivity contribution in [2.75, 3.05) is 36.4 Å². The Hall–Kier alpha value is -3.36. The number of ether oxygens (including phenoxy) is 2. The number of nitrogens with one attached hydrogen (secondary N) is 1. The number of anilines is 2. The first-order valence-corrected chi connectivity index (χ1v) is 11.6. The fraction of sp³-hybridized carbons (Fsp3) is 0.520. The van der Waals surface area contributed by atoms with E-state index >= 15 is 0 Å². The van der Waals surface area contributed by atoms with E-state index in [2.05, 4.69) is 15.3 Å². The molecule has 1 fully saturated rings. The molecule has 0 bridgehead atoms. The van der Waals surface area contributed by atoms with E-state index in [1.165, 1.54) is 0 Å². The molecule has 0 aliphatic carbocycles. The molecule has 2 aromatic rings. The lowest BCUT2D eigenvalue weighted by molar-refractivity contribution is -0.118. The average molecular weight is 470 g/mol. The number of carbonyl (C=O) groups excluding carboxylic acids is 2. The quantitative estimate of drug-likeness (QED) is 0.683. The lowest BCUT2D eigenvalue weighted by Crippen LogP contribution is -2.50. The predicted molar refractivity (Wildman–Crippen MR) is 131 cm³/mol. The first kappa shape index (κ1) is 25.3. The van der Waals surface area contributed by atoms with E-state index < -0.39 is 5.60 Å². The number of hydrogen-bond acceptors (Lipinski definition) is 7. The molecular weight excluding hydrogens is 434 g/mol. The Labute approximate surface area is 201 Å². The van der Waals surface area contributed by atoms with Crippen molar-refractivity contribution in [3.8, 4) is 5.75 Å². The molecule has 2 amide bonds. The molecule has 1 aromatic carbocycles. The van der Waals surface area contributed by atoms with Crippen molar-refractivity contribution >= 4 is 23.6 Å². The summed E-state index contributed by atoms with van der Waals surface area (Å²) in [6.45, 7) is 14.0. The Morgan fingerprint density at radius 1 is 1.09 bits per heavy atom. The van der Waals surface area contributed by atoms with Gasteiger partial charge in [0, 0.05) is 37.8 Å². The lowest BCUT2D eigenvalue weighted by atomic mass is 10.1. The second-order valence-electron chi connectivity index (χ2n) is 9.76. The SMILES string of the molecule is Cc1cc(COc2cnc(N3CCN(C(=O)OC(C)(C)C)CC3)nc2)ccc1NC(=O)C(C)C. The van der Waals surface area contributed by atoms with Gasteiger partial charge in [0.2, 0.25) is 11.9 Å². The van der Waals surface area contributed by atoms with Crippen molar-refractivity contribution in [1.29, 1.82) is 0 Å². The molecule has 1 saturated heterocycles. The third kappa shape index (κ3) is 7.07. The monoisotopic (exact) mass is 469 g/mol. The van der Waals surface area contributed by atoms with E-state index in [1.807, 2.05) is 64.6 Å². The smallest absolute Gasteiger partial charge is 0.410 e. The van der Waals surface area contributed by atoms with E-state index in [-0.39, 0.29) is 17.9 Å². The number of benzene rings is 1. The highest BCUT2D eigenvalue weighted by molar-refractivity contribution is 5.92. The van der Waals surface area contributed by atoms with Gasteiger partial charge in [-0.2, -0.15) is 0 Å². The molecule has 2 heterocycles. The minimum Gasteiger partial charge on any atom is -0.486 e. The van der Waals surface area contributed by atoms with Gasteiger partial charge in [0.1, 0.15) is 12.2 Å². The number of aryl methyl sites for hydroxylation is 1. The summed E-state index contributed by atoms with van der Waals surface area (Å²) >= 11 is 0. The number of aromatic nitrogens is 2. The highest BCUT2D eigenvalue weighted by Crippen LogP contribution is 2.20. The van der Waals surface area contributed by atoms with Crippen LogP contribution >= 0.6 is 0 Å². The van der Waals surface area contributed by atoms with Crippen molar-refractivity contribution in [3.05, 3.63) is 41.7 Å². The zero-order valence-corrected chi connectivity index (χ0v) is 20.9. The second-order valence-corrected chi connectivity index (χ2v) is 9.76. The largest absolute Gasteiger partial charge is 0.486 e. The Balaban J connectivity index is 1.50. The van der Waals surface area contributed by atoms with Crippen LogP contribution in [0.3, 0.4) is 0 Å². The van der Waals surface area contributed by atoms with Gasteiger partial charge in [0.25, 0.3) is 0 Å². The van der Waals surface area contributed by atoms with E-state index in [1.54, 1.807) is 17.3 Å². The molecule has 0 unspecified atom stereocenters. The summed E-state index contributed by atoms with van der Waals surface area (Å²) in [5.74, 6) is 1.11. The fourth-order valence-electron chi connectivity index (χ4n) is 3.36. The summed E-state index contributed by atoms with van der Waals surface area (Å²) in [6.07, 6.45) is 3.03. The van der Waals surface area contributed by atoms with Crippen molar-refractivity contribution in [2.45, 2.75) is 53.8 Å². The molecule has 0 saturated carbocycles. The van der Waals surface area contributed by atoms with Gasteiger partial charge in [-0.1, -0.05) is 26.0 Å². The van der Waals surface area contributed by atoms with Crippen molar-refractivity contribution < 1.29 is 19.1 Å². The minimum atomic E-state index is -0.502. The minimum absolute atomic E-state index is 0.00408. The van der Waals surface area contributed by atoms with Crippen molar-refractivity contribution in [2.24, 2.45) is 5.92 Å². The summed E-state index contributed by atoms with van der Waals surface area (Å²) in [4.78, 5) is 36.8. The third-order valence-electron chi connectivity index (χ3n) is 5.31. The maximum atomic E-state index is 12.2. The van der Waals surface area contributed by atoms with Gasteiger partial charge < -0.3 is 24.6 Å². The zero-order valence-electron chi connectivity index (χ0n) is 20.9. The number of nitrogens with zero attached hydrogens (tertiary/aromatic N) is 4. The molecule has 1 N–H and O–H groups in total. The van der Waals surface area contributed by atoms with Crippen LogP contribution in [0.1, 0.15) is 45.7 Å². The molecule has 184 valence electrons. The molecule has 1 aromatic heterocycles. The fourth-order valence-corrected chi connectivity index (χ4v) is 3.36. The molecule has 1 aliphatic heterocycles. The lowest BCUT2D eigenvalue weighted by Gasteiger charge is -2.35. The van der Waals surface area contributed by atoms with Crippen LogP contribution in [-0.2, 0) is 16.1 Å². The van der Waals surface area contributed by atoms with Crippen LogP contribution in [-0.4, -0.2) is 58.6 Å². The Morgan fingerprint density at radius 3 is 2.29 bits per heavy atom. The molecule has 3 rings (SSSR count). The first-order chi connectivity index (χ1) is 16.0. The van der Waals surface area contributed by atoms with Gasteiger partial charge in [-0.25, -0.2) is 14.8 Å². The van der Waals surface area contributed by atoms with Crippen LogP contribution in [0.2, 0.25) is 0 Å². The van der Waals surface area contributed by atoms with Crippen LogP contribution in [0.5, 0.6) is 5.75 Å². The Kier molecular flexibility index (Phi) is 7.96. The van der Waals surface area contributed by atoms with Crippen LogP contribution in [0.25, 0.3) is 0 Å². The summed E-state index contributed by atoms with van der Waals surface area (Å²) in [5, 5.41) is 2.93. The molecule has 1 aliphatic rings. The topological polar surface area (TPSA) is 96.9 Å². The van der Waals surface area contributed by atoms with Crippen LogP contribution in [0, 0.1) is 12.8 Å². The molecule has 0 atom stereocenters. The number of piperazine rings is 1. The standard InChI is InChI=1S/C25H35N5O4/c1-17(2)22(31)28-21-8-7-19(13-18(21)3)16-33-20-14-26-23(27-15-20)29-9-11-30(12-10-29)24(32)34-25(4,5)6/h7-8,13-15,17H,9-12,16H2,1-6H3,(H,28,31). The van der Waals surface area contributed by atoms with Gasteiger partial charge in [0.05, 0.1) is 12.4 Å². The van der Waals surface area contributed by atoms with Gasteiger partial charge in [-0.05, 0) is 44.9 Å². The molecular formula is C25H35N5O4. The van der Waals surface area contributed by atoms with Crippen molar-refractivity contribution in [3.63, 3.8) is 0 Å². The molecule has 9 heteroatoms. The molecule has 0 radical (unpaired) electrons. The Bertz CT molecular complexity index is 993. The predicted octanol–water partition coefficient (Wildman–Crippen LogP) is 4.02. The highest BCUT2D eigenvalue weighted by atomic mass is 16.6. The van der Waals surface area contributed by atoms with Crippen LogP contribution in [0.4, 0.5) is 16.4 Å². The van der Waals surface area contributed by atoms with Gasteiger partial charge in [-0.15, -0.1) is 0 Å². The number of amides is 2. The summed E-state index contributed by atoms with van der Waals surface area (Å²) in [5.41, 5.74) is 2.27. The highest BCUT2D eigenvalue weighted by Gasteiger charge is 2.26. The van der Waals surface area contributed by atoms with E-state index in [9.17, 15) is 9.59 Å². The van der Waals surface area contributed by atoms with Gasteiger partial charge >= 0.3 is 6.09 Å². The van der Waals surface area contributed by atoms with Crippen molar-refractivity contribution in [1.82, 2.24) is 14.9 Å². The number of carbonyl (C=O) groups is 2. The molecule has 0 spiro atoms. The van der Waals surface area contributed by atoms with Gasteiger partial charge in [0.15, 0.2) is 5.75 Å². The van der Waals surface area contributed by atoms with E-state index in [0.29, 0.717) is 44.5 Å². The second kappa shape index (κ2) is 10.7. The van der Waals surface area contributed by atoms with E-state index in [4.69, 9.17) is 9.47 Å². The first-order valence-electron chi connectivity index (χ1n) is 11.6. The molecule has 9 nitrogen and oxygen atoms in total. The van der Waals surface area contributed by atoms with Crippen LogP contribution in [0.15, 0.2) is 30.6 Å². The van der Waals surface area contributed by atoms with Crippen LogP contribution < -0.4 is 15.0 Å². The zero-order chi connectivity index (χ0) is 24.9. The Morgan fingerprint density at radius 2 is 1.74 bits per heavy atom. The summed E-state index contributed by atoms with van der Waals surface area (Å²) < 4.78 is 11.3. The normalized spacial score (nSPS) is 14.2. The maximum Gasteiger partial charge on any atom is 0.410 e. The third-order valence-corrected chi connectivity index (χ3v) is 5.31. The van der Waals surface area contributed by atoms with E-state index in [0.717, 1.165) is 16.8 Å². The summed E-state index contributed by atoms with van der Waals surface area (Å²) in [6, 6.07) is 5.82. The molecule has 34 heavy (non-hydrogen) atoms. The van der Waals surface area contributed by atoms with Gasteiger partial charge in [-0.3, -0.25) is 4.79 Å². The number of hydrogen-bond donors (Lipinski definition) is 1. The maximum absolute atomic E-state index is 12.2. The number of rotatable bonds is 6. The average Bonchev–Trinajstić information content (AvgIpc) is 2.78. The summed E-state index contributed by atoms with van der Waals surface area (Å²) in [7, 11) is 0.